The molecule has 0 radical (unpaired) electrons. The minimum Gasteiger partial charge on any atom is -0.360 e. The highest BCUT2D eigenvalue weighted by molar-refractivity contribution is 6.36. The van der Waals surface area contributed by atoms with Gasteiger partial charge in [0.25, 0.3) is 11.8 Å². The zero-order valence-electron chi connectivity index (χ0n) is 15.5. The first kappa shape index (κ1) is 19.7. The van der Waals surface area contributed by atoms with Crippen LogP contribution in [0.3, 0.4) is 0 Å². The maximum atomic E-state index is 12.9. The van der Waals surface area contributed by atoms with Crippen LogP contribution in [-0.2, 0) is 0 Å². The number of rotatable bonds is 3. The summed E-state index contributed by atoms with van der Waals surface area (Å²) in [4.78, 5) is 29.1. The Kier molecular flexibility index (Phi) is 5.77. The second-order valence-corrected chi connectivity index (χ2v) is 7.71. The second-order valence-electron chi connectivity index (χ2n) is 6.87. The van der Waals surface area contributed by atoms with E-state index in [1.165, 1.54) is 0 Å². The third kappa shape index (κ3) is 3.96. The molecule has 1 saturated heterocycles. The Bertz CT molecular complexity index is 871. The number of nitrogens with zero attached hydrogens (tertiary/aromatic N) is 3. The maximum absolute atomic E-state index is 12.9. The molecule has 0 bridgehead atoms. The van der Waals surface area contributed by atoms with E-state index in [9.17, 15) is 9.59 Å². The van der Waals surface area contributed by atoms with Crippen LogP contribution in [0.5, 0.6) is 0 Å². The summed E-state index contributed by atoms with van der Waals surface area (Å²) < 4.78 is 5.32. The average Bonchev–Trinajstić information content (AvgIpc) is 3.02. The van der Waals surface area contributed by atoms with Gasteiger partial charge in [0.15, 0.2) is 5.76 Å². The zero-order valence-corrected chi connectivity index (χ0v) is 17.0. The summed E-state index contributed by atoms with van der Waals surface area (Å²) in [7, 11) is 0. The van der Waals surface area contributed by atoms with Gasteiger partial charge >= 0.3 is 0 Å². The monoisotopic (exact) mass is 409 g/mol. The number of aryl methyl sites for hydroxylation is 1. The van der Waals surface area contributed by atoms with Crippen LogP contribution in [0.4, 0.5) is 0 Å². The quantitative estimate of drug-likeness (QED) is 0.767. The SMILES string of the molecule is Cc1noc(C(C)C)c1C(=O)N1CCN(C(=O)c2ccc(Cl)cc2Cl)CC1. The molecule has 8 heteroatoms. The van der Waals surface area contributed by atoms with E-state index in [4.69, 9.17) is 27.7 Å². The van der Waals surface area contributed by atoms with Crippen molar-refractivity contribution in [2.75, 3.05) is 26.2 Å². The summed E-state index contributed by atoms with van der Waals surface area (Å²) in [5.41, 5.74) is 1.54. The topological polar surface area (TPSA) is 66.7 Å². The Labute approximate surface area is 168 Å². The minimum absolute atomic E-state index is 0.0695. The van der Waals surface area contributed by atoms with Gasteiger partial charge in [-0.05, 0) is 25.1 Å². The van der Waals surface area contributed by atoms with E-state index in [2.05, 4.69) is 5.16 Å². The fourth-order valence-electron chi connectivity index (χ4n) is 3.15. The molecule has 0 aliphatic carbocycles. The maximum Gasteiger partial charge on any atom is 0.259 e. The molecule has 0 saturated carbocycles. The molecule has 2 heterocycles. The minimum atomic E-state index is -0.159. The first-order valence-corrected chi connectivity index (χ1v) is 9.55. The van der Waals surface area contributed by atoms with Gasteiger partial charge < -0.3 is 14.3 Å². The van der Waals surface area contributed by atoms with Crippen molar-refractivity contribution in [1.29, 1.82) is 0 Å². The molecule has 0 atom stereocenters. The van der Waals surface area contributed by atoms with Crippen LogP contribution >= 0.6 is 23.2 Å². The normalized spacial score (nSPS) is 14.7. The van der Waals surface area contributed by atoms with E-state index in [1.54, 1.807) is 34.9 Å². The number of carbonyl (C=O) groups excluding carboxylic acids is 2. The van der Waals surface area contributed by atoms with Crippen molar-refractivity contribution in [2.24, 2.45) is 0 Å². The summed E-state index contributed by atoms with van der Waals surface area (Å²) in [5.74, 6) is 0.408. The Balaban J connectivity index is 1.69. The lowest BCUT2D eigenvalue weighted by Crippen LogP contribution is -2.50. The van der Waals surface area contributed by atoms with E-state index in [0.29, 0.717) is 58.8 Å². The molecule has 2 amide bonds. The van der Waals surface area contributed by atoms with Crippen LogP contribution in [0.15, 0.2) is 22.7 Å². The molecule has 1 aliphatic rings. The molecule has 6 nitrogen and oxygen atoms in total. The highest BCUT2D eigenvalue weighted by atomic mass is 35.5. The number of aromatic nitrogens is 1. The van der Waals surface area contributed by atoms with Crippen molar-refractivity contribution >= 4 is 35.0 Å². The first-order chi connectivity index (χ1) is 12.8. The van der Waals surface area contributed by atoms with E-state index >= 15 is 0 Å². The van der Waals surface area contributed by atoms with Crippen LogP contribution in [0, 0.1) is 6.92 Å². The van der Waals surface area contributed by atoms with Crippen molar-refractivity contribution in [3.8, 4) is 0 Å². The number of hydrogen-bond acceptors (Lipinski definition) is 4. The lowest BCUT2D eigenvalue weighted by atomic mass is 10.0. The first-order valence-electron chi connectivity index (χ1n) is 8.79. The van der Waals surface area contributed by atoms with Crippen LogP contribution in [-0.4, -0.2) is 52.9 Å². The Morgan fingerprint density at radius 2 is 1.67 bits per heavy atom. The largest absolute Gasteiger partial charge is 0.360 e. The van der Waals surface area contributed by atoms with Gasteiger partial charge in [-0.1, -0.05) is 42.2 Å². The molecule has 1 aromatic carbocycles. The van der Waals surface area contributed by atoms with Gasteiger partial charge in [0.1, 0.15) is 5.56 Å². The van der Waals surface area contributed by atoms with Gasteiger partial charge in [0.2, 0.25) is 0 Å². The number of carbonyl (C=O) groups is 2. The number of halogens is 2. The Morgan fingerprint density at radius 1 is 1.07 bits per heavy atom. The van der Waals surface area contributed by atoms with Gasteiger partial charge in [-0.3, -0.25) is 9.59 Å². The molecule has 0 spiro atoms. The van der Waals surface area contributed by atoms with Crippen LogP contribution in [0.2, 0.25) is 10.0 Å². The van der Waals surface area contributed by atoms with Crippen LogP contribution in [0.25, 0.3) is 0 Å². The summed E-state index contributed by atoms with van der Waals surface area (Å²) in [6.07, 6.45) is 0. The predicted octanol–water partition coefficient (Wildman–Crippen LogP) is 4.01. The van der Waals surface area contributed by atoms with Crippen molar-refractivity contribution in [3.63, 3.8) is 0 Å². The molecule has 1 aliphatic heterocycles. The standard InChI is InChI=1S/C19H21Cl2N3O3/c1-11(2)17-16(12(3)22-27-17)19(26)24-8-6-23(7-9-24)18(25)14-5-4-13(20)10-15(14)21/h4-5,10-11H,6-9H2,1-3H3. The molecule has 3 rings (SSSR count). The molecule has 144 valence electrons. The van der Waals surface area contributed by atoms with Gasteiger partial charge in [0, 0.05) is 37.1 Å². The highest BCUT2D eigenvalue weighted by Gasteiger charge is 2.30. The molecular formula is C19H21Cl2N3O3. The molecule has 0 N–H and O–H groups in total. The lowest BCUT2D eigenvalue weighted by molar-refractivity contribution is 0.0533. The van der Waals surface area contributed by atoms with E-state index < -0.39 is 0 Å². The smallest absolute Gasteiger partial charge is 0.259 e. The Hall–Kier alpha value is -2.05. The Morgan fingerprint density at radius 3 is 2.22 bits per heavy atom. The molecule has 27 heavy (non-hydrogen) atoms. The molecule has 1 aromatic heterocycles. The van der Waals surface area contributed by atoms with Gasteiger partial charge in [-0.25, -0.2) is 0 Å². The third-order valence-corrected chi connectivity index (χ3v) is 5.19. The van der Waals surface area contributed by atoms with Crippen molar-refractivity contribution in [1.82, 2.24) is 15.0 Å². The van der Waals surface area contributed by atoms with Gasteiger partial charge in [0.05, 0.1) is 16.3 Å². The second kappa shape index (κ2) is 7.90. The number of hydrogen-bond donors (Lipinski definition) is 0. The van der Waals surface area contributed by atoms with Crippen LogP contribution < -0.4 is 0 Å². The summed E-state index contributed by atoms with van der Waals surface area (Å²) in [6, 6.07) is 4.82. The zero-order chi connectivity index (χ0) is 19.7. The van der Waals surface area contributed by atoms with E-state index in [0.717, 1.165) is 0 Å². The van der Waals surface area contributed by atoms with Gasteiger partial charge in [-0.2, -0.15) is 0 Å². The van der Waals surface area contributed by atoms with Crippen molar-refractivity contribution < 1.29 is 14.1 Å². The summed E-state index contributed by atoms with van der Waals surface area (Å²) in [5, 5.41) is 4.75. The molecule has 0 unspecified atom stereocenters. The fourth-order valence-corrected chi connectivity index (χ4v) is 3.63. The molecule has 1 fully saturated rings. The highest BCUT2D eigenvalue weighted by Crippen LogP contribution is 2.25. The van der Waals surface area contributed by atoms with Gasteiger partial charge in [-0.15, -0.1) is 0 Å². The molecule has 2 aromatic rings. The number of piperazine rings is 1. The number of amides is 2. The number of benzene rings is 1. The summed E-state index contributed by atoms with van der Waals surface area (Å²) >= 11 is 12.0. The fraction of sp³-hybridized carbons (Fsp3) is 0.421. The third-order valence-electron chi connectivity index (χ3n) is 4.64. The molecular weight excluding hydrogens is 389 g/mol. The lowest BCUT2D eigenvalue weighted by Gasteiger charge is -2.35. The average molecular weight is 410 g/mol. The van der Waals surface area contributed by atoms with Crippen molar-refractivity contribution in [3.05, 3.63) is 50.8 Å². The van der Waals surface area contributed by atoms with E-state index in [1.807, 2.05) is 13.8 Å². The summed E-state index contributed by atoms with van der Waals surface area (Å²) in [6.45, 7) is 7.45. The predicted molar refractivity (Wildman–Crippen MR) is 104 cm³/mol. The van der Waals surface area contributed by atoms with E-state index in [-0.39, 0.29) is 17.7 Å². The van der Waals surface area contributed by atoms with Crippen LogP contribution in [0.1, 0.15) is 51.9 Å². The van der Waals surface area contributed by atoms with Crippen molar-refractivity contribution in [2.45, 2.75) is 26.7 Å².